The molecule has 1 aromatic carbocycles. The quantitative estimate of drug-likeness (QED) is 0.924. The van der Waals surface area contributed by atoms with Crippen molar-refractivity contribution >= 4 is 27.5 Å². The van der Waals surface area contributed by atoms with Crippen molar-refractivity contribution in [1.29, 1.82) is 0 Å². The molecule has 0 aliphatic rings. The van der Waals surface area contributed by atoms with Crippen LogP contribution in [0.4, 0.5) is 0 Å². The molecule has 0 saturated carbocycles. The monoisotopic (exact) mass is 341 g/mol. The summed E-state index contributed by atoms with van der Waals surface area (Å²) in [5.74, 6) is 0. The van der Waals surface area contributed by atoms with Gasteiger partial charge in [-0.1, -0.05) is 39.7 Å². The Labute approximate surface area is 126 Å². The van der Waals surface area contributed by atoms with Crippen LogP contribution in [0.25, 0.3) is 0 Å². The van der Waals surface area contributed by atoms with E-state index < -0.39 is 0 Å². The Morgan fingerprint density at radius 2 is 2.11 bits per heavy atom. The van der Waals surface area contributed by atoms with Crippen molar-refractivity contribution < 1.29 is 0 Å². The maximum Gasteiger partial charge on any atom is 0.0847 e. The topological polar surface area (TPSA) is 43.8 Å². The minimum absolute atomic E-state index is 0.0933. The number of halogens is 2. The van der Waals surface area contributed by atoms with Crippen molar-refractivity contribution in [2.75, 3.05) is 0 Å². The molecule has 1 unspecified atom stereocenters. The molecule has 2 aromatic rings. The highest BCUT2D eigenvalue weighted by Crippen LogP contribution is 2.26. The summed E-state index contributed by atoms with van der Waals surface area (Å²) in [6, 6.07) is 6.10. The lowest BCUT2D eigenvalue weighted by atomic mass is 10.0. The van der Waals surface area contributed by atoms with E-state index in [2.05, 4.69) is 46.2 Å². The van der Waals surface area contributed by atoms with Crippen LogP contribution in [-0.4, -0.2) is 9.78 Å². The molecule has 0 bridgehead atoms. The van der Waals surface area contributed by atoms with E-state index in [-0.39, 0.29) is 6.04 Å². The lowest BCUT2D eigenvalue weighted by Gasteiger charge is -2.14. The van der Waals surface area contributed by atoms with Crippen LogP contribution in [0.15, 0.2) is 22.7 Å². The fourth-order valence-corrected chi connectivity index (χ4v) is 2.70. The summed E-state index contributed by atoms with van der Waals surface area (Å²) in [6.07, 6.45) is 0.672. The summed E-state index contributed by atoms with van der Waals surface area (Å²) in [6.45, 7) is 3.96. The van der Waals surface area contributed by atoms with Crippen LogP contribution in [0.1, 0.15) is 28.6 Å². The molecule has 1 atom stereocenters. The number of rotatable bonds is 3. The molecule has 3 nitrogen and oxygen atoms in total. The van der Waals surface area contributed by atoms with Crippen molar-refractivity contribution in [1.82, 2.24) is 9.78 Å². The van der Waals surface area contributed by atoms with Crippen molar-refractivity contribution in [3.63, 3.8) is 0 Å². The molecule has 0 amide bonds. The Kier molecular flexibility index (Phi) is 4.33. The average molecular weight is 343 g/mol. The third-order valence-corrected chi connectivity index (χ3v) is 4.64. The summed E-state index contributed by atoms with van der Waals surface area (Å²) >= 11 is 9.79. The molecular formula is C14H17BrClN3. The number of benzene rings is 1. The molecule has 19 heavy (non-hydrogen) atoms. The van der Waals surface area contributed by atoms with Gasteiger partial charge >= 0.3 is 0 Å². The zero-order chi connectivity index (χ0) is 14.2. The second-order valence-electron chi connectivity index (χ2n) is 4.79. The maximum atomic E-state index is 6.27. The first-order valence-corrected chi connectivity index (χ1v) is 7.27. The van der Waals surface area contributed by atoms with Crippen molar-refractivity contribution in [3.8, 4) is 0 Å². The van der Waals surface area contributed by atoms with Gasteiger partial charge in [0.05, 0.1) is 16.4 Å². The SMILES string of the molecule is Cc1ccc(C(N)Cc2c(Cl)c(C)nn2C)cc1Br. The van der Waals surface area contributed by atoms with Crippen LogP contribution in [0, 0.1) is 13.8 Å². The maximum absolute atomic E-state index is 6.27. The zero-order valence-electron chi connectivity index (χ0n) is 11.2. The number of aromatic nitrogens is 2. The average Bonchev–Trinajstić information content (AvgIpc) is 2.59. The van der Waals surface area contributed by atoms with Gasteiger partial charge in [0, 0.05) is 24.0 Å². The number of nitrogens with two attached hydrogens (primary N) is 1. The Hall–Kier alpha value is -0.840. The molecule has 102 valence electrons. The first-order chi connectivity index (χ1) is 8.90. The summed E-state index contributed by atoms with van der Waals surface area (Å²) in [5.41, 5.74) is 10.4. The van der Waals surface area contributed by atoms with E-state index in [1.54, 1.807) is 4.68 Å². The van der Waals surface area contributed by atoms with Gasteiger partial charge in [-0.3, -0.25) is 4.68 Å². The lowest BCUT2D eigenvalue weighted by molar-refractivity contribution is 0.639. The number of nitrogens with zero attached hydrogens (tertiary/aromatic N) is 2. The largest absolute Gasteiger partial charge is 0.324 e. The van der Waals surface area contributed by atoms with Gasteiger partial charge in [0.15, 0.2) is 0 Å². The van der Waals surface area contributed by atoms with Gasteiger partial charge in [0.2, 0.25) is 0 Å². The van der Waals surface area contributed by atoms with E-state index in [1.165, 1.54) is 5.56 Å². The molecule has 0 aliphatic carbocycles. The fourth-order valence-electron chi connectivity index (χ4n) is 2.07. The highest BCUT2D eigenvalue weighted by Gasteiger charge is 2.16. The van der Waals surface area contributed by atoms with Gasteiger partial charge < -0.3 is 5.73 Å². The molecule has 0 fully saturated rings. The molecule has 0 aliphatic heterocycles. The molecule has 2 N–H and O–H groups in total. The Morgan fingerprint density at radius 3 is 2.63 bits per heavy atom. The summed E-state index contributed by atoms with van der Waals surface area (Å²) in [7, 11) is 1.89. The molecule has 0 radical (unpaired) electrons. The first-order valence-electron chi connectivity index (χ1n) is 6.09. The van der Waals surface area contributed by atoms with Crippen LogP contribution < -0.4 is 5.73 Å². The van der Waals surface area contributed by atoms with Crippen molar-refractivity contribution in [2.24, 2.45) is 12.8 Å². The van der Waals surface area contributed by atoms with Gasteiger partial charge in [0.1, 0.15) is 0 Å². The van der Waals surface area contributed by atoms with E-state index >= 15 is 0 Å². The molecule has 1 heterocycles. The Morgan fingerprint density at radius 1 is 1.42 bits per heavy atom. The number of hydrogen-bond acceptors (Lipinski definition) is 2. The number of hydrogen-bond donors (Lipinski definition) is 1. The molecule has 1 aromatic heterocycles. The van der Waals surface area contributed by atoms with Crippen LogP contribution in [0.5, 0.6) is 0 Å². The van der Waals surface area contributed by atoms with Gasteiger partial charge in [-0.05, 0) is 31.0 Å². The van der Waals surface area contributed by atoms with Gasteiger partial charge in [-0.25, -0.2) is 0 Å². The zero-order valence-corrected chi connectivity index (χ0v) is 13.6. The third-order valence-electron chi connectivity index (χ3n) is 3.30. The first kappa shape index (κ1) is 14.6. The van der Waals surface area contributed by atoms with Crippen LogP contribution in [0.3, 0.4) is 0 Å². The second kappa shape index (κ2) is 5.65. The van der Waals surface area contributed by atoms with E-state index in [0.717, 1.165) is 21.4 Å². The second-order valence-corrected chi connectivity index (χ2v) is 6.02. The predicted octanol–water partition coefficient (Wildman–Crippen LogP) is 3.70. The smallest absolute Gasteiger partial charge is 0.0847 e. The van der Waals surface area contributed by atoms with Crippen molar-refractivity contribution in [2.45, 2.75) is 26.3 Å². The normalized spacial score (nSPS) is 12.7. The lowest BCUT2D eigenvalue weighted by Crippen LogP contribution is -2.15. The van der Waals surface area contributed by atoms with Gasteiger partial charge in [-0.15, -0.1) is 0 Å². The Balaban J connectivity index is 2.25. The minimum atomic E-state index is -0.0933. The highest BCUT2D eigenvalue weighted by atomic mass is 79.9. The predicted molar refractivity (Wildman–Crippen MR) is 82.5 cm³/mol. The Bertz CT molecular complexity index is 607. The molecule has 5 heteroatoms. The molecule has 0 spiro atoms. The van der Waals surface area contributed by atoms with Gasteiger partial charge in [0.25, 0.3) is 0 Å². The van der Waals surface area contributed by atoms with Gasteiger partial charge in [-0.2, -0.15) is 5.10 Å². The van der Waals surface area contributed by atoms with E-state index in [0.29, 0.717) is 11.4 Å². The van der Waals surface area contributed by atoms with E-state index in [4.69, 9.17) is 17.3 Å². The summed E-state index contributed by atoms with van der Waals surface area (Å²) in [4.78, 5) is 0. The molecule has 0 saturated heterocycles. The fraction of sp³-hybridized carbons (Fsp3) is 0.357. The summed E-state index contributed by atoms with van der Waals surface area (Å²) in [5, 5.41) is 5.02. The van der Waals surface area contributed by atoms with Crippen LogP contribution >= 0.6 is 27.5 Å². The minimum Gasteiger partial charge on any atom is -0.324 e. The highest BCUT2D eigenvalue weighted by molar-refractivity contribution is 9.10. The molecular weight excluding hydrogens is 326 g/mol. The molecule has 2 rings (SSSR count). The standard InChI is InChI=1S/C14H17BrClN3/c1-8-4-5-10(6-11(8)15)12(17)7-13-14(16)9(2)18-19(13)3/h4-6,12H,7,17H2,1-3H3. The van der Waals surface area contributed by atoms with Crippen LogP contribution in [-0.2, 0) is 13.5 Å². The van der Waals surface area contributed by atoms with Crippen molar-refractivity contribution in [3.05, 3.63) is 50.2 Å². The van der Waals surface area contributed by atoms with E-state index in [1.807, 2.05) is 14.0 Å². The van der Waals surface area contributed by atoms with Crippen LogP contribution in [0.2, 0.25) is 5.02 Å². The number of aryl methyl sites for hydroxylation is 3. The third kappa shape index (κ3) is 3.02. The summed E-state index contributed by atoms with van der Waals surface area (Å²) < 4.78 is 2.88. The van der Waals surface area contributed by atoms with E-state index in [9.17, 15) is 0 Å².